The van der Waals surface area contributed by atoms with Crippen LogP contribution in [0.25, 0.3) is 0 Å². The van der Waals surface area contributed by atoms with Crippen LogP contribution in [-0.2, 0) is 0 Å². The maximum atomic E-state index is 5.88. The molecule has 0 saturated heterocycles. The summed E-state index contributed by atoms with van der Waals surface area (Å²) in [5, 5.41) is 3.82. The van der Waals surface area contributed by atoms with Gasteiger partial charge in [0.25, 0.3) is 0 Å². The highest BCUT2D eigenvalue weighted by Gasteiger charge is 2.13. The number of benzene rings is 1. The van der Waals surface area contributed by atoms with Crippen molar-refractivity contribution >= 4 is 17.3 Å². The molecule has 0 saturated carbocycles. The molecule has 20 heavy (non-hydrogen) atoms. The molecule has 0 radical (unpaired) electrons. The van der Waals surface area contributed by atoms with Crippen LogP contribution in [0, 0.1) is 0 Å². The van der Waals surface area contributed by atoms with Crippen LogP contribution in [0.5, 0.6) is 11.5 Å². The Hall–Kier alpha value is -1.94. The number of hydrogen-bond donors (Lipinski definition) is 1. The molecule has 1 aromatic carbocycles. The van der Waals surface area contributed by atoms with Crippen LogP contribution in [-0.4, -0.2) is 19.2 Å². The van der Waals surface area contributed by atoms with Crippen LogP contribution in [0.4, 0.5) is 5.69 Å². The molecular formula is C15H17ClN2O2. The van der Waals surface area contributed by atoms with E-state index in [0.29, 0.717) is 5.15 Å². The first-order valence-electron chi connectivity index (χ1n) is 6.24. The van der Waals surface area contributed by atoms with Crippen molar-refractivity contribution in [3.8, 4) is 11.5 Å². The summed E-state index contributed by atoms with van der Waals surface area (Å²) in [6.45, 7) is 2.05. The second-order valence-electron chi connectivity index (χ2n) is 4.34. The average molecular weight is 293 g/mol. The third-order valence-electron chi connectivity index (χ3n) is 3.01. The Morgan fingerprint density at radius 3 is 2.60 bits per heavy atom. The van der Waals surface area contributed by atoms with E-state index >= 15 is 0 Å². The quantitative estimate of drug-likeness (QED) is 0.848. The number of pyridine rings is 1. The number of nitrogens with one attached hydrogen (secondary N) is 1. The topological polar surface area (TPSA) is 43.4 Å². The Balaban J connectivity index is 2.25. The minimum atomic E-state index is 0.0403. The SMILES string of the molecule is COc1ccc(OC)c(C(C)Nc2ccnc(Cl)c2)c1. The number of hydrogen-bond acceptors (Lipinski definition) is 4. The predicted octanol–water partition coefficient (Wildman–Crippen LogP) is 3.93. The van der Waals surface area contributed by atoms with Gasteiger partial charge in [-0.05, 0) is 37.3 Å². The van der Waals surface area contributed by atoms with Crippen molar-refractivity contribution in [2.45, 2.75) is 13.0 Å². The van der Waals surface area contributed by atoms with Gasteiger partial charge in [-0.2, -0.15) is 0 Å². The summed E-state index contributed by atoms with van der Waals surface area (Å²) in [5.41, 5.74) is 1.92. The van der Waals surface area contributed by atoms with E-state index in [1.54, 1.807) is 26.5 Å². The summed E-state index contributed by atoms with van der Waals surface area (Å²) in [6.07, 6.45) is 1.67. The molecule has 2 aromatic rings. The summed E-state index contributed by atoms with van der Waals surface area (Å²) in [6, 6.07) is 9.42. The fourth-order valence-electron chi connectivity index (χ4n) is 2.00. The molecule has 0 aliphatic rings. The smallest absolute Gasteiger partial charge is 0.131 e. The summed E-state index contributed by atoms with van der Waals surface area (Å²) in [5.74, 6) is 1.60. The molecule has 1 aromatic heterocycles. The summed E-state index contributed by atoms with van der Waals surface area (Å²) >= 11 is 5.88. The van der Waals surface area contributed by atoms with E-state index in [1.165, 1.54) is 0 Å². The van der Waals surface area contributed by atoms with E-state index in [0.717, 1.165) is 22.7 Å². The van der Waals surface area contributed by atoms with Gasteiger partial charge < -0.3 is 14.8 Å². The van der Waals surface area contributed by atoms with Crippen molar-refractivity contribution in [3.63, 3.8) is 0 Å². The molecule has 0 amide bonds. The molecule has 0 bridgehead atoms. The average Bonchev–Trinajstić information content (AvgIpc) is 2.46. The molecule has 106 valence electrons. The lowest BCUT2D eigenvalue weighted by Crippen LogP contribution is -2.08. The molecule has 1 N–H and O–H groups in total. The van der Waals surface area contributed by atoms with Crippen molar-refractivity contribution in [2.75, 3.05) is 19.5 Å². The van der Waals surface area contributed by atoms with Crippen LogP contribution in [0.3, 0.4) is 0 Å². The van der Waals surface area contributed by atoms with Crippen LogP contribution >= 0.6 is 11.6 Å². The van der Waals surface area contributed by atoms with Crippen molar-refractivity contribution in [2.24, 2.45) is 0 Å². The first kappa shape index (κ1) is 14.5. The summed E-state index contributed by atoms with van der Waals surface area (Å²) < 4.78 is 10.7. The molecule has 5 heteroatoms. The standard InChI is InChI=1S/C15H17ClN2O2/c1-10(18-11-6-7-17-15(16)8-11)13-9-12(19-2)4-5-14(13)20-3/h4-10H,1-3H3,(H,17,18). The highest BCUT2D eigenvalue weighted by atomic mass is 35.5. The van der Waals surface area contributed by atoms with Crippen LogP contribution in [0.2, 0.25) is 5.15 Å². The highest BCUT2D eigenvalue weighted by Crippen LogP contribution is 2.31. The molecule has 4 nitrogen and oxygen atoms in total. The first-order chi connectivity index (χ1) is 9.63. The maximum absolute atomic E-state index is 5.88. The molecule has 0 fully saturated rings. The van der Waals surface area contributed by atoms with Gasteiger partial charge in [-0.3, -0.25) is 0 Å². The van der Waals surface area contributed by atoms with Gasteiger partial charge in [-0.15, -0.1) is 0 Å². The van der Waals surface area contributed by atoms with Gasteiger partial charge in [0.2, 0.25) is 0 Å². The van der Waals surface area contributed by atoms with Crippen molar-refractivity contribution < 1.29 is 9.47 Å². The van der Waals surface area contributed by atoms with Crippen molar-refractivity contribution in [1.82, 2.24) is 4.98 Å². The molecule has 0 aliphatic carbocycles. The minimum absolute atomic E-state index is 0.0403. The third-order valence-corrected chi connectivity index (χ3v) is 3.22. The summed E-state index contributed by atoms with van der Waals surface area (Å²) in [7, 11) is 3.30. The Morgan fingerprint density at radius 1 is 1.15 bits per heavy atom. The lowest BCUT2D eigenvalue weighted by Gasteiger charge is -2.19. The number of nitrogens with zero attached hydrogens (tertiary/aromatic N) is 1. The zero-order chi connectivity index (χ0) is 14.5. The molecule has 1 atom stereocenters. The van der Waals surface area contributed by atoms with E-state index in [4.69, 9.17) is 21.1 Å². The van der Waals surface area contributed by atoms with Gasteiger partial charge in [-0.1, -0.05) is 11.6 Å². The molecule has 1 unspecified atom stereocenters. The largest absolute Gasteiger partial charge is 0.497 e. The van der Waals surface area contributed by atoms with Crippen molar-refractivity contribution in [3.05, 3.63) is 47.2 Å². The van der Waals surface area contributed by atoms with Crippen molar-refractivity contribution in [1.29, 1.82) is 0 Å². The molecule has 0 spiro atoms. The Morgan fingerprint density at radius 2 is 1.95 bits per heavy atom. The van der Waals surface area contributed by atoms with E-state index in [2.05, 4.69) is 10.3 Å². The molecular weight excluding hydrogens is 276 g/mol. The second kappa shape index (κ2) is 6.48. The normalized spacial score (nSPS) is 11.8. The number of methoxy groups -OCH3 is 2. The van der Waals surface area contributed by atoms with E-state index in [-0.39, 0.29) is 6.04 Å². The van der Waals surface area contributed by atoms with Crippen LogP contribution in [0.15, 0.2) is 36.5 Å². The molecule has 1 heterocycles. The van der Waals surface area contributed by atoms with Gasteiger partial charge in [0.15, 0.2) is 0 Å². The lowest BCUT2D eigenvalue weighted by atomic mass is 10.1. The Bertz CT molecular complexity index is 590. The third kappa shape index (κ3) is 3.33. The zero-order valence-electron chi connectivity index (χ0n) is 11.7. The fourth-order valence-corrected chi connectivity index (χ4v) is 2.17. The van der Waals surface area contributed by atoms with Gasteiger partial charge in [-0.25, -0.2) is 4.98 Å². The predicted molar refractivity (Wildman–Crippen MR) is 80.8 cm³/mol. The minimum Gasteiger partial charge on any atom is -0.497 e. The Labute approximate surface area is 123 Å². The first-order valence-corrected chi connectivity index (χ1v) is 6.62. The number of anilines is 1. The lowest BCUT2D eigenvalue weighted by molar-refractivity contribution is 0.397. The molecule has 2 rings (SSSR count). The van der Waals surface area contributed by atoms with Crippen LogP contribution < -0.4 is 14.8 Å². The fraction of sp³-hybridized carbons (Fsp3) is 0.267. The zero-order valence-corrected chi connectivity index (χ0v) is 12.4. The number of halogens is 1. The Kier molecular flexibility index (Phi) is 4.69. The maximum Gasteiger partial charge on any atom is 0.131 e. The van der Waals surface area contributed by atoms with E-state index in [1.807, 2.05) is 31.2 Å². The van der Waals surface area contributed by atoms with Gasteiger partial charge in [0.1, 0.15) is 16.7 Å². The molecule has 0 aliphatic heterocycles. The summed E-state index contributed by atoms with van der Waals surface area (Å²) in [4.78, 5) is 3.96. The number of ether oxygens (including phenoxy) is 2. The van der Waals surface area contributed by atoms with Gasteiger partial charge in [0.05, 0.1) is 20.3 Å². The second-order valence-corrected chi connectivity index (χ2v) is 4.73. The van der Waals surface area contributed by atoms with Gasteiger partial charge in [0, 0.05) is 17.4 Å². The van der Waals surface area contributed by atoms with E-state index in [9.17, 15) is 0 Å². The van der Waals surface area contributed by atoms with E-state index < -0.39 is 0 Å². The highest BCUT2D eigenvalue weighted by molar-refractivity contribution is 6.29. The van der Waals surface area contributed by atoms with Crippen LogP contribution in [0.1, 0.15) is 18.5 Å². The number of rotatable bonds is 5. The monoisotopic (exact) mass is 292 g/mol. The van der Waals surface area contributed by atoms with Gasteiger partial charge >= 0.3 is 0 Å². The number of aromatic nitrogens is 1.